The molecule has 15 rings (SSSR count). The SMILES string of the molecule is Cc1cc(C#N)cc(C)c1Nc1nc(NC2CCN(c3cccc(C(N)=O)c3)CC2)nc2c1SCCC2.Cc1cc(C#N)cc(C)c1Oc1nc(NC2CCN(c3cccc(C#N)c3)CC2)nc2c1SCCC2.Cc1cc(C#N)cc(C)c1Oc1nc(NC2CCN(c3cccc(C(N)=O)c3)CC2)nc2c1SCCC2. The summed E-state index contributed by atoms with van der Waals surface area (Å²) >= 11 is 5.29. The lowest BCUT2D eigenvalue weighted by molar-refractivity contribution is 0.0992. The lowest BCUT2D eigenvalue weighted by Gasteiger charge is -2.34. The number of hydrogen-bond acceptors (Lipinski definition) is 24. The number of nitriles is 4. The van der Waals surface area contributed by atoms with E-state index >= 15 is 0 Å². The number of aromatic nitrogens is 6. The van der Waals surface area contributed by atoms with E-state index < -0.39 is 11.8 Å². The Kier molecular flexibility index (Phi) is 24.7. The Bertz CT molecular complexity index is 4840. The van der Waals surface area contributed by atoms with Gasteiger partial charge in [0.05, 0.1) is 78.3 Å². The predicted molar refractivity (Wildman–Crippen MR) is 436 cm³/mol. The maximum Gasteiger partial charge on any atom is 0.248 e. The van der Waals surface area contributed by atoms with Crippen molar-refractivity contribution in [2.75, 3.05) is 92.5 Å². The molecule has 2 amide bonds. The molecular formula is C84H89N19O4S3. The number of fused-ring (bicyclic) bond motifs is 3. The van der Waals surface area contributed by atoms with Crippen LogP contribution in [0.3, 0.4) is 0 Å². The highest BCUT2D eigenvalue weighted by atomic mass is 32.2. The van der Waals surface area contributed by atoms with Gasteiger partial charge in [0.1, 0.15) is 17.3 Å². The number of aryl methyl sites for hydroxylation is 9. The van der Waals surface area contributed by atoms with Crippen LogP contribution in [0, 0.1) is 86.9 Å². The molecule has 9 heterocycles. The van der Waals surface area contributed by atoms with Crippen molar-refractivity contribution in [2.45, 2.75) is 151 Å². The summed E-state index contributed by atoms with van der Waals surface area (Å²) in [5.74, 6) is 7.62. The van der Waals surface area contributed by atoms with Crippen molar-refractivity contribution in [2.24, 2.45) is 11.5 Å². The maximum absolute atomic E-state index is 11.6. The van der Waals surface area contributed by atoms with Crippen LogP contribution in [0.2, 0.25) is 0 Å². The van der Waals surface area contributed by atoms with Gasteiger partial charge in [0.2, 0.25) is 41.4 Å². The predicted octanol–water partition coefficient (Wildman–Crippen LogP) is 15.7. The molecule has 3 fully saturated rings. The monoisotopic (exact) mass is 1520 g/mol. The average molecular weight is 1520 g/mol. The zero-order chi connectivity index (χ0) is 77.0. The van der Waals surface area contributed by atoms with E-state index in [9.17, 15) is 30.6 Å². The number of amides is 2. The van der Waals surface area contributed by atoms with Crippen molar-refractivity contribution in [1.29, 1.82) is 21.0 Å². The Morgan fingerprint density at radius 2 is 0.764 bits per heavy atom. The first kappa shape index (κ1) is 76.9. The highest BCUT2D eigenvalue weighted by Crippen LogP contribution is 2.44. The van der Waals surface area contributed by atoms with Crippen LogP contribution in [-0.2, 0) is 19.3 Å². The molecule has 0 unspecified atom stereocenters. The molecule has 0 saturated carbocycles. The Morgan fingerprint density at radius 1 is 0.427 bits per heavy atom. The summed E-state index contributed by atoms with van der Waals surface area (Å²) in [4.78, 5) is 62.3. The van der Waals surface area contributed by atoms with E-state index in [4.69, 9.17) is 50.8 Å². The van der Waals surface area contributed by atoms with Crippen LogP contribution >= 0.6 is 35.3 Å². The number of piperidine rings is 3. The van der Waals surface area contributed by atoms with Gasteiger partial charge in [0, 0.05) is 91.3 Å². The minimum absolute atomic E-state index is 0.233. The van der Waals surface area contributed by atoms with E-state index in [0.29, 0.717) is 63.0 Å². The molecule has 9 aromatic rings. The van der Waals surface area contributed by atoms with Crippen LogP contribution in [0.1, 0.15) is 151 Å². The molecule has 0 bridgehead atoms. The summed E-state index contributed by atoms with van der Waals surface area (Å²) in [5, 5.41) is 51.4. The highest BCUT2D eigenvalue weighted by molar-refractivity contribution is 8.00. The second-order valence-corrected chi connectivity index (χ2v) is 31.8. The summed E-state index contributed by atoms with van der Waals surface area (Å²) in [6.07, 6.45) is 11.6. The van der Waals surface area contributed by atoms with Crippen molar-refractivity contribution >= 4 is 93.5 Å². The molecule has 26 heteroatoms. The number of nitrogens with two attached hydrogens (primary N) is 2. The zero-order valence-corrected chi connectivity index (χ0v) is 65.2. The molecule has 8 N–H and O–H groups in total. The number of primary amides is 2. The number of anilines is 8. The first-order valence-electron chi connectivity index (χ1n) is 37.5. The third-order valence-corrected chi connectivity index (χ3v) is 24.0. The van der Waals surface area contributed by atoms with Crippen molar-refractivity contribution in [3.05, 3.63) is 193 Å². The molecule has 0 radical (unpaired) electrons. The lowest BCUT2D eigenvalue weighted by Crippen LogP contribution is -2.39. The quantitative estimate of drug-likeness (QED) is 0.0493. The molecule has 23 nitrogen and oxygen atoms in total. The number of nitrogens with zero attached hydrogens (tertiary/aromatic N) is 13. The summed E-state index contributed by atoms with van der Waals surface area (Å²) in [6, 6.07) is 43.6. The van der Waals surface area contributed by atoms with Gasteiger partial charge in [-0.1, -0.05) is 18.2 Å². The van der Waals surface area contributed by atoms with Crippen LogP contribution in [0.5, 0.6) is 23.3 Å². The van der Waals surface area contributed by atoms with Crippen molar-refractivity contribution in [1.82, 2.24) is 29.9 Å². The Hall–Kier alpha value is -11.3. The van der Waals surface area contributed by atoms with Gasteiger partial charge >= 0.3 is 0 Å². The second kappa shape index (κ2) is 35.4. The molecule has 3 aromatic heterocycles. The van der Waals surface area contributed by atoms with Gasteiger partial charge in [-0.3, -0.25) is 9.59 Å². The molecule has 3 saturated heterocycles. The van der Waals surface area contributed by atoms with Gasteiger partial charge in [-0.15, -0.1) is 35.3 Å². The third-order valence-electron chi connectivity index (χ3n) is 20.5. The molecule has 562 valence electrons. The first-order chi connectivity index (χ1) is 53.3. The smallest absolute Gasteiger partial charge is 0.248 e. The number of rotatable bonds is 17. The summed E-state index contributed by atoms with van der Waals surface area (Å²) in [5.41, 5.74) is 27.5. The Balaban J connectivity index is 0.000000145. The normalized spacial score (nSPS) is 15.5. The minimum atomic E-state index is -0.412. The summed E-state index contributed by atoms with van der Waals surface area (Å²) < 4.78 is 12.8. The van der Waals surface area contributed by atoms with Gasteiger partial charge in [0.15, 0.2) is 0 Å². The number of hydrogen-bond donors (Lipinski definition) is 6. The van der Waals surface area contributed by atoms with Gasteiger partial charge in [-0.2, -0.15) is 36.0 Å². The van der Waals surface area contributed by atoms with Crippen molar-refractivity contribution in [3.63, 3.8) is 0 Å². The number of benzene rings is 6. The molecular weight excluding hydrogens is 1440 g/mol. The van der Waals surface area contributed by atoms with E-state index in [2.05, 4.69) is 66.3 Å². The second-order valence-electron chi connectivity index (χ2n) is 28.5. The Morgan fingerprint density at radius 3 is 1.14 bits per heavy atom. The van der Waals surface area contributed by atoms with E-state index in [1.165, 1.54) is 0 Å². The topological polar surface area (TPSA) is 335 Å². The standard InChI is InChI=1S/C28H31N7OS.C28H30N6O2S.C28H28N6OS/c1-17-13-19(16-29)14-18(2)24(17)33-27-25-23(7-4-12-37-25)32-28(34-27)31-21-8-10-35(11-9-21)22-6-3-5-20(15-22)26(30)36;1-17-13-19(16-29)14-18(2)24(17)36-27-25-23(7-4-12-37-25)32-28(33-27)31-21-8-10-34(11-9-21)22-6-3-5-20(15-22)26(30)35;1-18-13-21(17-30)14-19(2)25(18)35-27-26-24(7-4-12-36-26)32-28(33-27)31-22-8-10-34(11-9-22)23-6-3-5-20(15-23)16-29/h3,5-6,13-15,21H,4,7-12H2,1-2H3,(H2,30,36)(H2,31,32,33,34);3,5-6,13-15,21H,4,7-12H2,1-2H3,(H2,30,35)(H,31,32,33);3,5-6,13-15,22H,4,7-12H2,1-2H3,(H,31,32,33). The highest BCUT2D eigenvalue weighted by Gasteiger charge is 2.30. The van der Waals surface area contributed by atoms with Gasteiger partial charge < -0.3 is 56.9 Å². The summed E-state index contributed by atoms with van der Waals surface area (Å²) in [7, 11) is 0. The lowest BCUT2D eigenvalue weighted by atomic mass is 10.0. The minimum Gasteiger partial charge on any atom is -0.437 e. The van der Waals surface area contributed by atoms with E-state index in [1.807, 2.05) is 133 Å². The van der Waals surface area contributed by atoms with Gasteiger partial charge in [0.25, 0.3) is 0 Å². The zero-order valence-electron chi connectivity index (χ0n) is 62.8. The Labute approximate surface area is 655 Å². The maximum atomic E-state index is 11.6. The van der Waals surface area contributed by atoms with Crippen LogP contribution in [0.25, 0.3) is 0 Å². The van der Waals surface area contributed by atoms with E-state index in [-0.39, 0.29) is 18.1 Å². The van der Waals surface area contributed by atoms with Crippen LogP contribution in [0.15, 0.2) is 124 Å². The van der Waals surface area contributed by atoms with E-state index in [0.717, 1.165) is 239 Å². The molecule has 0 atom stereocenters. The number of nitrogens with one attached hydrogen (secondary N) is 4. The molecule has 6 aliphatic rings. The fourth-order valence-electron chi connectivity index (χ4n) is 14.8. The van der Waals surface area contributed by atoms with Crippen LogP contribution in [0.4, 0.5) is 46.4 Å². The number of carbonyl (C=O) groups excluding carboxylic acids is 2. The molecule has 0 aliphatic carbocycles. The van der Waals surface area contributed by atoms with Gasteiger partial charge in [-0.05, 0) is 260 Å². The first-order valence-corrected chi connectivity index (χ1v) is 40.4. The van der Waals surface area contributed by atoms with Crippen LogP contribution < -0.4 is 56.9 Å². The molecule has 110 heavy (non-hydrogen) atoms. The van der Waals surface area contributed by atoms with E-state index in [1.54, 1.807) is 47.4 Å². The third kappa shape index (κ3) is 18.7. The number of ether oxygens (including phenoxy) is 2. The number of thioether (sulfide) groups is 3. The van der Waals surface area contributed by atoms with Crippen molar-refractivity contribution < 1.29 is 19.1 Å². The van der Waals surface area contributed by atoms with Gasteiger partial charge in [-0.25, -0.2) is 15.0 Å². The average Bonchev–Trinajstić information content (AvgIpc) is 0.798. The molecule has 6 aliphatic heterocycles. The van der Waals surface area contributed by atoms with Crippen LogP contribution in [-0.4, -0.2) is 116 Å². The largest absolute Gasteiger partial charge is 0.437 e. The van der Waals surface area contributed by atoms with Crippen molar-refractivity contribution in [3.8, 4) is 47.5 Å². The molecule has 6 aromatic carbocycles. The fourth-order valence-corrected chi connectivity index (χ4v) is 17.9. The number of carbonyl (C=O) groups is 2. The fraction of sp³-hybridized carbons (Fsp3) is 0.357. The molecule has 0 spiro atoms. The summed E-state index contributed by atoms with van der Waals surface area (Å²) in [6.45, 7) is 17.1.